The van der Waals surface area contributed by atoms with Crippen molar-refractivity contribution in [3.05, 3.63) is 83.3 Å². The van der Waals surface area contributed by atoms with Gasteiger partial charge in [0.05, 0.1) is 9.80 Å². The van der Waals surface area contributed by atoms with Crippen molar-refractivity contribution in [1.82, 2.24) is 4.90 Å². The zero-order valence-electron chi connectivity index (χ0n) is 15.4. The van der Waals surface area contributed by atoms with Crippen molar-refractivity contribution in [2.75, 3.05) is 6.54 Å². The number of hydrogen-bond acceptors (Lipinski definition) is 4. The Balaban J connectivity index is 1.97. The van der Waals surface area contributed by atoms with Gasteiger partial charge in [-0.15, -0.1) is 11.0 Å². The van der Waals surface area contributed by atoms with Gasteiger partial charge in [-0.3, -0.25) is 9.69 Å². The first-order valence-corrected chi connectivity index (χ1v) is 11.0. The van der Waals surface area contributed by atoms with E-state index >= 15 is 0 Å². The van der Waals surface area contributed by atoms with Crippen LogP contribution in [0.15, 0.2) is 81.5 Å². The minimum absolute atomic E-state index is 0.101. The van der Waals surface area contributed by atoms with Crippen LogP contribution < -0.4 is 0 Å². The second kappa shape index (κ2) is 8.58. The van der Waals surface area contributed by atoms with Crippen LogP contribution in [-0.4, -0.2) is 30.9 Å². The lowest BCUT2D eigenvalue weighted by molar-refractivity contribution is -0.121. The number of nitrogens with zero attached hydrogens (tertiary/aromatic N) is 2. The van der Waals surface area contributed by atoms with Gasteiger partial charge in [-0.05, 0) is 47.5 Å². The van der Waals surface area contributed by atoms with E-state index < -0.39 is 10.0 Å². The Labute approximate surface area is 169 Å². The van der Waals surface area contributed by atoms with E-state index in [0.29, 0.717) is 4.91 Å². The number of rotatable bonds is 6. The molecule has 28 heavy (non-hydrogen) atoms. The van der Waals surface area contributed by atoms with E-state index in [0.717, 1.165) is 29.3 Å². The Kier molecular flexibility index (Phi) is 6.16. The fourth-order valence-corrected chi connectivity index (χ4v) is 4.81. The molecule has 2 aromatic rings. The fraction of sp³-hybridized carbons (Fsp3) is 0.143. The minimum atomic E-state index is -3.93. The van der Waals surface area contributed by atoms with Gasteiger partial charge in [-0.2, -0.15) is 8.42 Å². The summed E-state index contributed by atoms with van der Waals surface area (Å²) in [5.41, 5.74) is 1.90. The predicted molar refractivity (Wildman–Crippen MR) is 114 cm³/mol. The highest BCUT2D eigenvalue weighted by Gasteiger charge is 2.34. The Bertz CT molecular complexity index is 1040. The van der Waals surface area contributed by atoms with Crippen LogP contribution in [0.2, 0.25) is 0 Å². The normalized spacial score (nSPS) is 17.5. The molecule has 3 rings (SSSR count). The highest BCUT2D eigenvalue weighted by Crippen LogP contribution is 2.33. The quantitative estimate of drug-likeness (QED) is 0.529. The molecule has 0 radical (unpaired) electrons. The summed E-state index contributed by atoms with van der Waals surface area (Å²) in [6.45, 7) is 5.83. The molecule has 1 heterocycles. The third-order valence-corrected chi connectivity index (χ3v) is 6.53. The predicted octanol–water partition coefficient (Wildman–Crippen LogP) is 4.10. The molecule has 0 bridgehead atoms. The first-order valence-electron chi connectivity index (χ1n) is 8.76. The van der Waals surface area contributed by atoms with Crippen LogP contribution in [0.5, 0.6) is 0 Å². The topological polar surface area (TPSA) is 66.8 Å². The van der Waals surface area contributed by atoms with Gasteiger partial charge >= 0.3 is 0 Å². The van der Waals surface area contributed by atoms with Crippen molar-refractivity contribution < 1.29 is 13.2 Å². The van der Waals surface area contributed by atoms with Gasteiger partial charge in [0.15, 0.2) is 5.17 Å². The highest BCUT2D eigenvalue weighted by molar-refractivity contribution is 8.19. The Morgan fingerprint density at radius 3 is 2.39 bits per heavy atom. The Hall–Kier alpha value is -2.64. The van der Waals surface area contributed by atoms with Gasteiger partial charge < -0.3 is 0 Å². The summed E-state index contributed by atoms with van der Waals surface area (Å²) in [5, 5.41) is 0.131. The number of amides is 1. The molecule has 2 aromatic carbocycles. The lowest BCUT2D eigenvalue weighted by atomic mass is 10.2. The summed E-state index contributed by atoms with van der Waals surface area (Å²) in [6, 6.07) is 16.0. The largest absolute Gasteiger partial charge is 0.284 e. The second-order valence-corrected chi connectivity index (χ2v) is 8.69. The zero-order chi connectivity index (χ0) is 20.1. The maximum absolute atomic E-state index is 12.7. The van der Waals surface area contributed by atoms with Gasteiger partial charge in [-0.1, -0.05) is 55.5 Å². The van der Waals surface area contributed by atoms with E-state index in [-0.39, 0.29) is 22.5 Å². The lowest BCUT2D eigenvalue weighted by Crippen LogP contribution is -2.29. The van der Waals surface area contributed by atoms with Crippen molar-refractivity contribution in [2.45, 2.75) is 18.2 Å². The first-order chi connectivity index (χ1) is 13.4. The van der Waals surface area contributed by atoms with Crippen molar-refractivity contribution in [3.8, 4) is 0 Å². The van der Waals surface area contributed by atoms with Crippen molar-refractivity contribution in [1.29, 1.82) is 0 Å². The number of amidine groups is 1. The van der Waals surface area contributed by atoms with Crippen molar-refractivity contribution in [3.63, 3.8) is 0 Å². The zero-order valence-corrected chi connectivity index (χ0v) is 17.0. The van der Waals surface area contributed by atoms with Gasteiger partial charge in [0.25, 0.3) is 15.9 Å². The molecule has 144 valence electrons. The molecule has 1 fully saturated rings. The smallest absolute Gasteiger partial charge is 0.282 e. The van der Waals surface area contributed by atoms with E-state index in [2.05, 4.69) is 11.0 Å². The number of carbonyl (C=O) groups excluding carboxylic acids is 1. The number of thioether (sulfide) groups is 1. The van der Waals surface area contributed by atoms with Crippen LogP contribution in [0.4, 0.5) is 0 Å². The van der Waals surface area contributed by atoms with E-state index in [9.17, 15) is 13.2 Å². The summed E-state index contributed by atoms with van der Waals surface area (Å²) < 4.78 is 29.4. The summed E-state index contributed by atoms with van der Waals surface area (Å²) >= 11 is 1.05. The summed E-state index contributed by atoms with van der Waals surface area (Å²) in [4.78, 5) is 14.6. The molecule has 0 unspecified atom stereocenters. The van der Waals surface area contributed by atoms with Gasteiger partial charge in [0.2, 0.25) is 0 Å². The summed E-state index contributed by atoms with van der Waals surface area (Å²) in [5.74, 6) is -0.288. The van der Waals surface area contributed by atoms with Crippen LogP contribution in [-0.2, 0) is 21.2 Å². The Morgan fingerprint density at radius 1 is 1.11 bits per heavy atom. The van der Waals surface area contributed by atoms with Gasteiger partial charge in [-0.25, -0.2) is 0 Å². The number of aryl methyl sites for hydroxylation is 1. The summed E-state index contributed by atoms with van der Waals surface area (Å²) in [7, 11) is -3.93. The van der Waals surface area contributed by atoms with E-state index in [1.165, 1.54) is 17.0 Å². The SMILES string of the molecule is C=CCN1C(=O)/C(=C/c2ccccc2)S/C1=N/S(=O)(=O)c1ccc(CC)cc1. The number of sulfonamides is 1. The van der Waals surface area contributed by atoms with E-state index in [1.54, 1.807) is 24.3 Å². The third kappa shape index (κ3) is 4.43. The molecule has 0 saturated carbocycles. The average molecular weight is 413 g/mol. The molecule has 0 N–H and O–H groups in total. The van der Waals surface area contributed by atoms with Crippen LogP contribution >= 0.6 is 11.8 Å². The molecular formula is C21H20N2O3S2. The first kappa shape index (κ1) is 20.1. The van der Waals surface area contributed by atoms with Crippen LogP contribution in [0.1, 0.15) is 18.1 Å². The fourth-order valence-electron chi connectivity index (χ4n) is 2.62. The van der Waals surface area contributed by atoms with Crippen molar-refractivity contribution in [2.24, 2.45) is 4.40 Å². The number of benzene rings is 2. The highest BCUT2D eigenvalue weighted by atomic mass is 32.2. The maximum atomic E-state index is 12.7. The molecule has 1 aliphatic rings. The van der Waals surface area contributed by atoms with Crippen LogP contribution in [0.25, 0.3) is 6.08 Å². The second-order valence-electron chi connectivity index (χ2n) is 6.07. The van der Waals surface area contributed by atoms with Gasteiger partial charge in [0.1, 0.15) is 0 Å². The molecule has 0 aromatic heterocycles. The Morgan fingerprint density at radius 2 is 1.79 bits per heavy atom. The standard InChI is InChI=1S/C21H20N2O3S2/c1-3-14-23-20(24)19(15-17-8-6-5-7-9-17)27-21(23)22-28(25,26)18-12-10-16(4-2)11-13-18/h3,5-13,15H,1,4,14H2,2H3/b19-15-,22-21+. The van der Waals surface area contributed by atoms with E-state index in [1.807, 2.05) is 37.3 Å². The monoisotopic (exact) mass is 412 g/mol. The molecule has 1 aliphatic heterocycles. The number of hydrogen-bond donors (Lipinski definition) is 0. The molecule has 0 spiro atoms. The summed E-state index contributed by atoms with van der Waals surface area (Å²) in [6.07, 6.45) is 4.09. The molecule has 5 nitrogen and oxygen atoms in total. The maximum Gasteiger partial charge on any atom is 0.284 e. The molecule has 7 heteroatoms. The molecule has 1 saturated heterocycles. The minimum Gasteiger partial charge on any atom is -0.282 e. The average Bonchev–Trinajstić information content (AvgIpc) is 2.97. The molecule has 0 atom stereocenters. The van der Waals surface area contributed by atoms with Gasteiger partial charge in [0, 0.05) is 6.54 Å². The molecule has 0 aliphatic carbocycles. The van der Waals surface area contributed by atoms with Crippen LogP contribution in [0.3, 0.4) is 0 Å². The third-order valence-electron chi connectivity index (χ3n) is 4.12. The van der Waals surface area contributed by atoms with E-state index in [4.69, 9.17) is 0 Å². The lowest BCUT2D eigenvalue weighted by Gasteiger charge is -2.12. The van der Waals surface area contributed by atoms with Crippen LogP contribution in [0, 0.1) is 0 Å². The molecular weight excluding hydrogens is 392 g/mol. The molecule has 1 amide bonds. The number of carbonyl (C=O) groups is 1. The van der Waals surface area contributed by atoms with Crippen molar-refractivity contribution >= 4 is 38.9 Å².